The number of hydrogen-bond acceptors (Lipinski definition) is 6. The Balaban J connectivity index is 2.18. The lowest BCUT2D eigenvalue weighted by molar-refractivity contribution is 0.0993. The number of carbonyl (C=O) groups is 2. The van der Waals surface area contributed by atoms with E-state index in [4.69, 9.17) is 9.47 Å². The van der Waals surface area contributed by atoms with Gasteiger partial charge < -0.3 is 19.7 Å². The molecular formula is C19H16O6. The van der Waals surface area contributed by atoms with Gasteiger partial charge in [-0.25, -0.2) is 0 Å². The molecule has 1 aliphatic heterocycles. The molecule has 0 amide bonds. The first-order valence-electron chi connectivity index (χ1n) is 7.55. The number of aliphatic hydroxyl groups excluding tert-OH is 1. The summed E-state index contributed by atoms with van der Waals surface area (Å²) in [4.78, 5) is 24.6. The van der Waals surface area contributed by atoms with Crippen LogP contribution < -0.4 is 9.47 Å². The first-order chi connectivity index (χ1) is 12.0. The van der Waals surface area contributed by atoms with E-state index in [1.165, 1.54) is 20.1 Å². The number of phenolic OH excluding ortho intramolecular Hbond substituents is 1. The van der Waals surface area contributed by atoms with Crippen LogP contribution in [0.5, 0.6) is 17.2 Å². The zero-order chi connectivity index (χ0) is 18.1. The molecule has 2 aromatic rings. The first-order valence-corrected chi connectivity index (χ1v) is 7.55. The minimum Gasteiger partial charge on any atom is -0.507 e. The predicted octanol–water partition coefficient (Wildman–Crippen LogP) is 3.15. The van der Waals surface area contributed by atoms with Crippen molar-refractivity contribution in [2.24, 2.45) is 0 Å². The number of fused-ring (bicyclic) bond motifs is 1. The average Bonchev–Trinajstić information content (AvgIpc) is 2.61. The quantitative estimate of drug-likeness (QED) is 0.506. The van der Waals surface area contributed by atoms with Crippen LogP contribution in [-0.2, 0) is 0 Å². The van der Waals surface area contributed by atoms with Gasteiger partial charge in [0.2, 0.25) is 5.78 Å². The maximum absolute atomic E-state index is 12.8. The van der Waals surface area contributed by atoms with Gasteiger partial charge in [0.05, 0.1) is 12.7 Å². The number of carbonyl (C=O) groups excluding carboxylic acids is 2. The van der Waals surface area contributed by atoms with Crippen LogP contribution in [0.2, 0.25) is 0 Å². The Labute approximate surface area is 143 Å². The monoisotopic (exact) mass is 340 g/mol. The molecule has 0 saturated heterocycles. The summed E-state index contributed by atoms with van der Waals surface area (Å²) in [7, 11) is 1.35. The second-order valence-corrected chi connectivity index (χ2v) is 5.54. The van der Waals surface area contributed by atoms with E-state index in [0.29, 0.717) is 5.56 Å². The van der Waals surface area contributed by atoms with Crippen LogP contribution in [0, 0.1) is 0 Å². The summed E-state index contributed by atoms with van der Waals surface area (Å²) >= 11 is 0. The summed E-state index contributed by atoms with van der Waals surface area (Å²) in [6.07, 6.45) is 0. The molecule has 6 nitrogen and oxygen atoms in total. The largest absolute Gasteiger partial charge is 0.507 e. The Hall–Kier alpha value is -3.28. The summed E-state index contributed by atoms with van der Waals surface area (Å²) in [6, 6.07) is 9.93. The molecule has 0 aromatic heterocycles. The highest BCUT2D eigenvalue weighted by atomic mass is 16.5. The SMILES string of the molecule is COc1cc2c(c(O)c1C(C)=O)C(=O)/C(=C(\O)c1ccccc1)CO2. The molecule has 0 saturated carbocycles. The van der Waals surface area contributed by atoms with Crippen molar-refractivity contribution in [3.63, 3.8) is 0 Å². The lowest BCUT2D eigenvalue weighted by Crippen LogP contribution is -2.22. The van der Waals surface area contributed by atoms with E-state index in [2.05, 4.69) is 0 Å². The summed E-state index contributed by atoms with van der Waals surface area (Å²) in [6.45, 7) is 1.10. The van der Waals surface area contributed by atoms with Crippen molar-refractivity contribution >= 4 is 17.3 Å². The van der Waals surface area contributed by atoms with E-state index in [-0.39, 0.29) is 40.6 Å². The molecule has 0 unspecified atom stereocenters. The highest BCUT2D eigenvalue weighted by Crippen LogP contribution is 2.42. The van der Waals surface area contributed by atoms with Crippen LogP contribution in [0.1, 0.15) is 33.2 Å². The second kappa shape index (κ2) is 6.32. The van der Waals surface area contributed by atoms with Gasteiger partial charge in [0, 0.05) is 11.6 Å². The minimum atomic E-state index is -0.592. The number of benzene rings is 2. The van der Waals surface area contributed by atoms with E-state index >= 15 is 0 Å². The maximum Gasteiger partial charge on any atom is 0.203 e. The number of Topliss-reactive ketones (excluding diaryl/α,β-unsaturated/α-hetero) is 2. The summed E-state index contributed by atoms with van der Waals surface area (Å²) in [5.74, 6) is -1.55. The lowest BCUT2D eigenvalue weighted by atomic mass is 9.93. The van der Waals surface area contributed by atoms with Gasteiger partial charge in [0.25, 0.3) is 0 Å². The molecule has 0 bridgehead atoms. The van der Waals surface area contributed by atoms with Crippen molar-refractivity contribution in [3.8, 4) is 17.2 Å². The van der Waals surface area contributed by atoms with Crippen molar-refractivity contribution in [3.05, 3.63) is 58.7 Å². The van der Waals surface area contributed by atoms with Crippen molar-refractivity contribution in [2.45, 2.75) is 6.92 Å². The van der Waals surface area contributed by atoms with Crippen LogP contribution in [0.3, 0.4) is 0 Å². The van der Waals surface area contributed by atoms with Crippen LogP contribution in [0.4, 0.5) is 0 Å². The minimum absolute atomic E-state index is 0.00803. The first kappa shape index (κ1) is 16.6. The molecule has 128 valence electrons. The Morgan fingerprint density at radius 2 is 1.92 bits per heavy atom. The highest BCUT2D eigenvalue weighted by Gasteiger charge is 2.33. The van der Waals surface area contributed by atoms with Gasteiger partial charge in [-0.2, -0.15) is 0 Å². The number of aromatic hydroxyl groups is 1. The summed E-state index contributed by atoms with van der Waals surface area (Å²) in [5.41, 5.74) is 0.208. The van der Waals surface area contributed by atoms with Gasteiger partial charge in [0.1, 0.15) is 40.7 Å². The molecule has 0 spiro atoms. The molecule has 0 aliphatic carbocycles. The van der Waals surface area contributed by atoms with E-state index in [0.717, 1.165) is 0 Å². The molecule has 0 radical (unpaired) electrons. The fraction of sp³-hybridized carbons (Fsp3) is 0.158. The van der Waals surface area contributed by atoms with E-state index in [9.17, 15) is 19.8 Å². The highest BCUT2D eigenvalue weighted by molar-refractivity contribution is 6.18. The fourth-order valence-corrected chi connectivity index (χ4v) is 2.77. The van der Waals surface area contributed by atoms with Gasteiger partial charge in [-0.05, 0) is 6.92 Å². The zero-order valence-corrected chi connectivity index (χ0v) is 13.7. The average molecular weight is 340 g/mol. The number of aliphatic hydroxyl groups is 1. The van der Waals surface area contributed by atoms with Crippen molar-refractivity contribution in [1.82, 2.24) is 0 Å². The third-order valence-electron chi connectivity index (χ3n) is 4.01. The van der Waals surface area contributed by atoms with Crippen LogP contribution in [0.25, 0.3) is 5.76 Å². The Kier molecular flexibility index (Phi) is 4.19. The van der Waals surface area contributed by atoms with E-state index in [1.54, 1.807) is 30.3 Å². The Bertz CT molecular complexity index is 896. The van der Waals surface area contributed by atoms with Gasteiger partial charge in [0.15, 0.2) is 5.78 Å². The number of hydrogen-bond donors (Lipinski definition) is 2. The van der Waals surface area contributed by atoms with Crippen LogP contribution >= 0.6 is 0 Å². The molecular weight excluding hydrogens is 324 g/mol. The normalized spacial score (nSPS) is 15.2. The molecule has 0 fully saturated rings. The van der Waals surface area contributed by atoms with Gasteiger partial charge in [-0.15, -0.1) is 0 Å². The molecule has 0 atom stereocenters. The second-order valence-electron chi connectivity index (χ2n) is 5.54. The van der Waals surface area contributed by atoms with Gasteiger partial charge in [-0.3, -0.25) is 9.59 Å². The number of methoxy groups -OCH3 is 1. The zero-order valence-electron chi connectivity index (χ0n) is 13.7. The maximum atomic E-state index is 12.8. The standard InChI is InChI=1S/C19H16O6/c1-10(20)15-13(24-2)8-14-16(19(15)23)18(22)12(9-25-14)17(21)11-6-4-3-5-7-11/h3-8,21,23H,9H2,1-2H3/b17-12-. The molecule has 25 heavy (non-hydrogen) atoms. The van der Waals surface area contributed by atoms with Gasteiger partial charge in [-0.1, -0.05) is 30.3 Å². The Morgan fingerprint density at radius 1 is 1.24 bits per heavy atom. The molecule has 3 rings (SSSR count). The number of rotatable bonds is 3. The van der Waals surface area contributed by atoms with Crippen LogP contribution in [-0.4, -0.2) is 35.5 Å². The van der Waals surface area contributed by atoms with E-state index in [1.807, 2.05) is 0 Å². The van der Waals surface area contributed by atoms with Crippen molar-refractivity contribution < 1.29 is 29.3 Å². The van der Waals surface area contributed by atoms with Crippen molar-refractivity contribution in [1.29, 1.82) is 0 Å². The predicted molar refractivity (Wildman–Crippen MR) is 90.5 cm³/mol. The molecule has 2 N–H and O–H groups in total. The van der Waals surface area contributed by atoms with E-state index < -0.39 is 17.3 Å². The third-order valence-corrected chi connectivity index (χ3v) is 4.01. The number of phenols is 1. The molecule has 2 aromatic carbocycles. The number of ketones is 2. The molecule has 1 aliphatic rings. The summed E-state index contributed by atoms with van der Waals surface area (Å²) in [5, 5.41) is 20.9. The third kappa shape index (κ3) is 2.71. The summed E-state index contributed by atoms with van der Waals surface area (Å²) < 4.78 is 10.6. The Morgan fingerprint density at radius 3 is 2.52 bits per heavy atom. The van der Waals surface area contributed by atoms with Gasteiger partial charge >= 0.3 is 0 Å². The fourth-order valence-electron chi connectivity index (χ4n) is 2.77. The smallest absolute Gasteiger partial charge is 0.203 e. The molecule has 6 heteroatoms. The van der Waals surface area contributed by atoms with Crippen LogP contribution in [0.15, 0.2) is 42.0 Å². The molecule has 1 heterocycles. The number of ether oxygens (including phenoxy) is 2. The lowest BCUT2D eigenvalue weighted by Gasteiger charge is -2.23. The topological polar surface area (TPSA) is 93.1 Å². The van der Waals surface area contributed by atoms with Crippen molar-refractivity contribution in [2.75, 3.05) is 13.7 Å².